The number of hydrogen-bond donors (Lipinski definition) is 2. The number of fused-ring (bicyclic) bond motifs is 1. The van der Waals surface area contributed by atoms with Crippen LogP contribution in [0.4, 0.5) is 0 Å². The predicted molar refractivity (Wildman–Crippen MR) is 74.8 cm³/mol. The third-order valence-electron chi connectivity index (χ3n) is 3.84. The lowest BCUT2D eigenvalue weighted by Gasteiger charge is -2.15. The molecule has 1 aliphatic rings. The first kappa shape index (κ1) is 12.7. The van der Waals surface area contributed by atoms with Gasteiger partial charge in [-0.25, -0.2) is 4.79 Å². The molecule has 5 nitrogen and oxygen atoms in total. The highest BCUT2D eigenvalue weighted by Crippen LogP contribution is 2.24. The van der Waals surface area contributed by atoms with E-state index >= 15 is 0 Å². The Bertz CT molecular complexity index is 675. The first-order chi connectivity index (χ1) is 9.66. The minimum absolute atomic E-state index is 0.199. The number of rotatable bonds is 4. The molecule has 2 N–H and O–H groups in total. The fraction of sp³-hybridized carbons (Fsp3) is 0.333. The molecule has 0 bridgehead atoms. The molecule has 1 saturated heterocycles. The molecule has 20 heavy (non-hydrogen) atoms. The summed E-state index contributed by atoms with van der Waals surface area (Å²) in [5, 5.41) is 9.99. The number of carboxylic acid groups (broad SMARTS) is 1. The number of amides is 1. The number of aromatic amines is 1. The van der Waals surface area contributed by atoms with Crippen LogP contribution in [0, 0.1) is 0 Å². The Morgan fingerprint density at radius 1 is 1.40 bits per heavy atom. The van der Waals surface area contributed by atoms with Crippen molar-refractivity contribution in [3.05, 3.63) is 35.5 Å². The minimum Gasteiger partial charge on any atom is -0.478 e. The number of carboxylic acids is 1. The maximum Gasteiger partial charge on any atom is 0.337 e. The number of carbonyl (C=O) groups excluding carboxylic acids is 1. The van der Waals surface area contributed by atoms with Gasteiger partial charge in [0.1, 0.15) is 0 Å². The van der Waals surface area contributed by atoms with E-state index < -0.39 is 5.97 Å². The molecule has 3 rings (SSSR count). The summed E-state index contributed by atoms with van der Waals surface area (Å²) >= 11 is 0. The van der Waals surface area contributed by atoms with Crippen molar-refractivity contribution in [2.24, 2.45) is 0 Å². The third-order valence-corrected chi connectivity index (χ3v) is 3.84. The number of likely N-dealkylation sites (tertiary alicyclic amines) is 1. The highest BCUT2D eigenvalue weighted by atomic mass is 16.4. The van der Waals surface area contributed by atoms with Gasteiger partial charge >= 0.3 is 5.97 Å². The summed E-state index contributed by atoms with van der Waals surface area (Å²) in [6.07, 6.45) is 3.76. The number of aromatic carboxylic acids is 1. The van der Waals surface area contributed by atoms with E-state index in [9.17, 15) is 14.7 Å². The average Bonchev–Trinajstić information content (AvgIpc) is 3.02. The van der Waals surface area contributed by atoms with Gasteiger partial charge in [0, 0.05) is 36.6 Å². The Balaban J connectivity index is 1.89. The molecule has 5 heteroatoms. The number of H-pyrrole nitrogens is 1. The van der Waals surface area contributed by atoms with E-state index in [1.54, 1.807) is 0 Å². The van der Waals surface area contributed by atoms with Gasteiger partial charge in [-0.2, -0.15) is 0 Å². The maximum absolute atomic E-state index is 11.6. The number of carbonyl (C=O) groups is 2. The second kappa shape index (κ2) is 5.00. The van der Waals surface area contributed by atoms with Gasteiger partial charge in [0.25, 0.3) is 0 Å². The summed E-state index contributed by atoms with van der Waals surface area (Å²) in [6, 6.07) is 5.71. The summed E-state index contributed by atoms with van der Waals surface area (Å²) in [7, 11) is 0. The van der Waals surface area contributed by atoms with Crippen molar-refractivity contribution in [1.29, 1.82) is 0 Å². The van der Waals surface area contributed by atoms with Gasteiger partial charge in [-0.3, -0.25) is 4.79 Å². The summed E-state index contributed by atoms with van der Waals surface area (Å²) in [4.78, 5) is 27.7. The molecule has 1 aliphatic heterocycles. The Morgan fingerprint density at radius 2 is 2.25 bits per heavy atom. The predicted octanol–water partition coefficient (Wildman–Crippen LogP) is 2.03. The summed E-state index contributed by atoms with van der Waals surface area (Å²) < 4.78 is 0. The number of nitrogens with zero attached hydrogens (tertiary/aromatic N) is 1. The number of hydrogen-bond acceptors (Lipinski definition) is 2. The van der Waals surface area contributed by atoms with Crippen molar-refractivity contribution in [2.45, 2.75) is 19.3 Å². The number of nitrogens with one attached hydrogen (secondary N) is 1. The Morgan fingerprint density at radius 3 is 2.95 bits per heavy atom. The van der Waals surface area contributed by atoms with Crippen molar-refractivity contribution in [3.8, 4) is 0 Å². The average molecular weight is 272 g/mol. The lowest BCUT2D eigenvalue weighted by molar-refractivity contribution is -0.127. The van der Waals surface area contributed by atoms with E-state index in [-0.39, 0.29) is 5.91 Å². The molecule has 2 aromatic rings. The molecule has 1 aromatic carbocycles. The number of aromatic nitrogens is 1. The smallest absolute Gasteiger partial charge is 0.337 e. The molecule has 0 radical (unpaired) electrons. The largest absolute Gasteiger partial charge is 0.478 e. The van der Waals surface area contributed by atoms with Gasteiger partial charge in [0.05, 0.1) is 5.56 Å². The molecule has 104 valence electrons. The minimum atomic E-state index is -0.930. The van der Waals surface area contributed by atoms with Crippen LogP contribution in [-0.2, 0) is 11.2 Å². The summed E-state index contributed by atoms with van der Waals surface area (Å²) in [5.74, 6) is -0.731. The van der Waals surface area contributed by atoms with Gasteiger partial charge in [-0.15, -0.1) is 0 Å². The van der Waals surface area contributed by atoms with Crippen LogP contribution < -0.4 is 0 Å². The maximum atomic E-state index is 11.6. The molecular formula is C15H16N2O3. The quantitative estimate of drug-likeness (QED) is 0.894. The monoisotopic (exact) mass is 272 g/mol. The zero-order valence-corrected chi connectivity index (χ0v) is 11.1. The normalized spacial score (nSPS) is 15.2. The van der Waals surface area contributed by atoms with Crippen molar-refractivity contribution in [2.75, 3.05) is 13.1 Å². The van der Waals surface area contributed by atoms with Crippen molar-refractivity contribution < 1.29 is 14.7 Å². The van der Waals surface area contributed by atoms with Crippen LogP contribution in [0.15, 0.2) is 24.4 Å². The van der Waals surface area contributed by atoms with E-state index in [1.165, 1.54) is 6.20 Å². The van der Waals surface area contributed by atoms with Gasteiger partial charge in [0.2, 0.25) is 5.91 Å². The van der Waals surface area contributed by atoms with Gasteiger partial charge in [-0.1, -0.05) is 12.1 Å². The third kappa shape index (κ3) is 2.15. The first-order valence-electron chi connectivity index (χ1n) is 6.77. The van der Waals surface area contributed by atoms with E-state index in [0.29, 0.717) is 24.9 Å². The topological polar surface area (TPSA) is 73.4 Å². The van der Waals surface area contributed by atoms with Crippen LogP contribution in [-0.4, -0.2) is 40.0 Å². The van der Waals surface area contributed by atoms with Crippen LogP contribution in [0.5, 0.6) is 0 Å². The molecule has 0 spiro atoms. The number of benzene rings is 1. The SMILES string of the molecule is O=C(O)c1c[nH]c2cccc(CCN3CCCC3=O)c12. The highest BCUT2D eigenvalue weighted by molar-refractivity contribution is 6.04. The van der Waals surface area contributed by atoms with Crippen molar-refractivity contribution in [3.63, 3.8) is 0 Å². The van der Waals surface area contributed by atoms with Crippen LogP contribution in [0.25, 0.3) is 10.9 Å². The molecule has 0 saturated carbocycles. The molecule has 1 amide bonds. The van der Waals surface area contributed by atoms with Crippen molar-refractivity contribution in [1.82, 2.24) is 9.88 Å². The van der Waals surface area contributed by atoms with Gasteiger partial charge in [0.15, 0.2) is 0 Å². The Labute approximate surface area is 116 Å². The lowest BCUT2D eigenvalue weighted by Crippen LogP contribution is -2.26. The van der Waals surface area contributed by atoms with E-state index in [4.69, 9.17) is 0 Å². The van der Waals surface area contributed by atoms with Crippen LogP contribution in [0.1, 0.15) is 28.8 Å². The fourth-order valence-corrected chi connectivity index (χ4v) is 2.83. The second-order valence-corrected chi connectivity index (χ2v) is 5.08. The van der Waals surface area contributed by atoms with E-state index in [0.717, 1.165) is 29.4 Å². The van der Waals surface area contributed by atoms with Gasteiger partial charge in [-0.05, 0) is 24.5 Å². The molecule has 0 unspecified atom stereocenters. The molecule has 0 atom stereocenters. The van der Waals surface area contributed by atoms with Crippen LogP contribution in [0.2, 0.25) is 0 Å². The van der Waals surface area contributed by atoms with E-state index in [2.05, 4.69) is 4.98 Å². The standard InChI is InChI=1S/C15H16N2O3/c18-13-5-2-7-17(13)8-6-10-3-1-4-12-14(10)11(9-16-12)15(19)20/h1,3-4,9,16H,2,5-8H2,(H,19,20). The molecule has 1 fully saturated rings. The molecule has 2 heterocycles. The summed E-state index contributed by atoms with van der Waals surface area (Å²) in [6.45, 7) is 1.47. The van der Waals surface area contributed by atoms with Crippen molar-refractivity contribution >= 4 is 22.8 Å². The lowest BCUT2D eigenvalue weighted by atomic mass is 10.0. The zero-order valence-electron chi connectivity index (χ0n) is 11.1. The molecule has 0 aliphatic carbocycles. The fourth-order valence-electron chi connectivity index (χ4n) is 2.83. The van der Waals surface area contributed by atoms with Gasteiger partial charge < -0.3 is 15.0 Å². The molecular weight excluding hydrogens is 256 g/mol. The molecule has 1 aromatic heterocycles. The first-order valence-corrected chi connectivity index (χ1v) is 6.77. The van der Waals surface area contributed by atoms with Crippen LogP contribution in [0.3, 0.4) is 0 Å². The summed E-state index contributed by atoms with van der Waals surface area (Å²) in [5.41, 5.74) is 2.09. The van der Waals surface area contributed by atoms with E-state index in [1.807, 2.05) is 23.1 Å². The van der Waals surface area contributed by atoms with Crippen LogP contribution >= 0.6 is 0 Å². The zero-order chi connectivity index (χ0) is 14.1. The highest BCUT2D eigenvalue weighted by Gasteiger charge is 2.20. The Kier molecular flexibility index (Phi) is 3.18. The second-order valence-electron chi connectivity index (χ2n) is 5.08. The Hall–Kier alpha value is -2.30.